The third-order valence-electron chi connectivity index (χ3n) is 3.63. The van der Waals surface area contributed by atoms with Crippen LogP contribution in [0.25, 0.3) is 0 Å². The Morgan fingerprint density at radius 2 is 1.62 bits per heavy atom. The van der Waals surface area contributed by atoms with Gasteiger partial charge in [0.1, 0.15) is 5.82 Å². The summed E-state index contributed by atoms with van der Waals surface area (Å²) in [6.07, 6.45) is 3.26. The van der Waals surface area contributed by atoms with E-state index in [0.29, 0.717) is 17.2 Å². The van der Waals surface area contributed by atoms with Crippen molar-refractivity contribution < 1.29 is 9.50 Å². The van der Waals surface area contributed by atoms with Gasteiger partial charge in [-0.1, -0.05) is 12.1 Å². The highest BCUT2D eigenvalue weighted by molar-refractivity contribution is 5.49. The first-order valence-corrected chi connectivity index (χ1v) is 6.94. The molecule has 110 valence electrons. The van der Waals surface area contributed by atoms with E-state index in [1.54, 1.807) is 24.5 Å². The Morgan fingerprint density at radius 3 is 2.24 bits per heavy atom. The summed E-state index contributed by atoms with van der Waals surface area (Å²) < 4.78 is 13.8. The van der Waals surface area contributed by atoms with E-state index in [1.807, 2.05) is 11.0 Å². The molecular formula is C15H17FN4O. The van der Waals surface area contributed by atoms with E-state index in [-0.39, 0.29) is 12.4 Å². The highest BCUT2D eigenvalue weighted by Crippen LogP contribution is 2.21. The van der Waals surface area contributed by atoms with Gasteiger partial charge in [0.15, 0.2) is 0 Å². The SMILES string of the molecule is OCc1cnc(N2CCN(c3ccccc3F)CC2)nc1. The zero-order valence-corrected chi connectivity index (χ0v) is 11.6. The smallest absolute Gasteiger partial charge is 0.225 e. The standard InChI is InChI=1S/C15H17FN4O/c16-13-3-1-2-4-14(13)19-5-7-20(8-6-19)15-17-9-12(11-21)10-18-15/h1-4,9-10,21H,5-8,11H2. The van der Waals surface area contributed by atoms with Crippen LogP contribution in [-0.2, 0) is 6.61 Å². The van der Waals surface area contributed by atoms with Gasteiger partial charge in [0, 0.05) is 44.1 Å². The lowest BCUT2D eigenvalue weighted by Crippen LogP contribution is -2.47. The van der Waals surface area contributed by atoms with Crippen LogP contribution in [0.3, 0.4) is 0 Å². The largest absolute Gasteiger partial charge is 0.392 e. The number of rotatable bonds is 3. The van der Waals surface area contributed by atoms with Gasteiger partial charge in [-0.2, -0.15) is 0 Å². The van der Waals surface area contributed by atoms with E-state index >= 15 is 0 Å². The normalized spacial score (nSPS) is 15.3. The zero-order valence-electron chi connectivity index (χ0n) is 11.6. The maximum absolute atomic E-state index is 13.8. The van der Waals surface area contributed by atoms with Gasteiger partial charge >= 0.3 is 0 Å². The minimum atomic E-state index is -0.186. The number of aliphatic hydroxyl groups excluding tert-OH is 1. The molecule has 0 saturated carbocycles. The molecule has 1 N–H and O–H groups in total. The lowest BCUT2D eigenvalue weighted by molar-refractivity contribution is 0.281. The molecule has 1 aliphatic heterocycles. The second-order valence-electron chi connectivity index (χ2n) is 4.97. The van der Waals surface area contributed by atoms with Crippen molar-refractivity contribution in [2.24, 2.45) is 0 Å². The molecule has 0 aliphatic carbocycles. The van der Waals surface area contributed by atoms with Crippen molar-refractivity contribution in [1.82, 2.24) is 9.97 Å². The van der Waals surface area contributed by atoms with Gasteiger partial charge in [-0.15, -0.1) is 0 Å². The van der Waals surface area contributed by atoms with Gasteiger partial charge in [-0.25, -0.2) is 14.4 Å². The molecule has 1 saturated heterocycles. The van der Waals surface area contributed by atoms with Crippen LogP contribution in [0.4, 0.5) is 16.0 Å². The predicted octanol–water partition coefficient (Wildman–Crippen LogP) is 1.43. The van der Waals surface area contributed by atoms with Gasteiger partial charge in [-0.05, 0) is 12.1 Å². The Bertz CT molecular complexity index is 597. The summed E-state index contributed by atoms with van der Waals surface area (Å²) in [7, 11) is 0. The molecule has 1 aromatic heterocycles. The summed E-state index contributed by atoms with van der Waals surface area (Å²) in [6.45, 7) is 2.89. The minimum absolute atomic E-state index is 0.0542. The predicted molar refractivity (Wildman–Crippen MR) is 78.8 cm³/mol. The number of piperazine rings is 1. The molecule has 1 aromatic carbocycles. The van der Waals surface area contributed by atoms with E-state index in [2.05, 4.69) is 14.9 Å². The van der Waals surface area contributed by atoms with Crippen molar-refractivity contribution >= 4 is 11.6 Å². The van der Waals surface area contributed by atoms with Crippen molar-refractivity contribution in [3.8, 4) is 0 Å². The summed E-state index contributed by atoms with van der Waals surface area (Å²) in [5, 5.41) is 8.99. The number of halogens is 1. The zero-order chi connectivity index (χ0) is 14.7. The summed E-state index contributed by atoms with van der Waals surface area (Å²) in [6, 6.07) is 6.84. The molecule has 0 spiro atoms. The van der Waals surface area contributed by atoms with Crippen LogP contribution in [0.15, 0.2) is 36.7 Å². The molecule has 2 heterocycles. The van der Waals surface area contributed by atoms with E-state index in [0.717, 1.165) is 26.2 Å². The van der Waals surface area contributed by atoms with Crippen LogP contribution in [0.1, 0.15) is 5.56 Å². The second-order valence-corrected chi connectivity index (χ2v) is 4.97. The van der Waals surface area contributed by atoms with Crippen LogP contribution >= 0.6 is 0 Å². The van der Waals surface area contributed by atoms with E-state index in [4.69, 9.17) is 5.11 Å². The topological polar surface area (TPSA) is 52.5 Å². The molecule has 0 bridgehead atoms. The number of para-hydroxylation sites is 1. The van der Waals surface area contributed by atoms with Gasteiger partial charge in [-0.3, -0.25) is 0 Å². The average Bonchev–Trinajstić information content (AvgIpc) is 2.56. The number of hydrogen-bond acceptors (Lipinski definition) is 5. The molecule has 1 fully saturated rings. The summed E-state index contributed by atoms with van der Waals surface area (Å²) in [5.41, 5.74) is 1.34. The number of aliphatic hydroxyl groups is 1. The number of benzene rings is 1. The van der Waals surface area contributed by atoms with Crippen LogP contribution in [0.2, 0.25) is 0 Å². The van der Waals surface area contributed by atoms with E-state index < -0.39 is 0 Å². The molecule has 0 amide bonds. The maximum atomic E-state index is 13.8. The van der Waals surface area contributed by atoms with Gasteiger partial charge < -0.3 is 14.9 Å². The van der Waals surface area contributed by atoms with Gasteiger partial charge in [0.25, 0.3) is 0 Å². The first-order valence-electron chi connectivity index (χ1n) is 6.94. The Morgan fingerprint density at radius 1 is 1.00 bits per heavy atom. The summed E-state index contributed by atoms with van der Waals surface area (Å²) in [5.74, 6) is 0.467. The van der Waals surface area contributed by atoms with Crippen molar-refractivity contribution in [2.45, 2.75) is 6.61 Å². The Hall–Kier alpha value is -2.21. The molecule has 5 nitrogen and oxygen atoms in total. The fraction of sp³-hybridized carbons (Fsp3) is 0.333. The third-order valence-corrected chi connectivity index (χ3v) is 3.63. The first kappa shape index (κ1) is 13.8. The Kier molecular flexibility index (Phi) is 3.96. The number of anilines is 2. The summed E-state index contributed by atoms with van der Waals surface area (Å²) in [4.78, 5) is 12.6. The number of nitrogens with zero attached hydrogens (tertiary/aromatic N) is 4. The van der Waals surface area contributed by atoms with Crippen LogP contribution in [0, 0.1) is 5.82 Å². The average molecular weight is 288 g/mol. The highest BCUT2D eigenvalue weighted by atomic mass is 19.1. The molecule has 1 aliphatic rings. The van der Waals surface area contributed by atoms with Crippen molar-refractivity contribution in [1.29, 1.82) is 0 Å². The van der Waals surface area contributed by atoms with Crippen LogP contribution < -0.4 is 9.80 Å². The molecule has 6 heteroatoms. The lowest BCUT2D eigenvalue weighted by Gasteiger charge is -2.36. The van der Waals surface area contributed by atoms with E-state index in [1.165, 1.54) is 6.07 Å². The molecule has 0 radical (unpaired) electrons. The highest BCUT2D eigenvalue weighted by Gasteiger charge is 2.20. The molecule has 0 atom stereocenters. The monoisotopic (exact) mass is 288 g/mol. The van der Waals surface area contributed by atoms with Gasteiger partial charge in [0.2, 0.25) is 5.95 Å². The van der Waals surface area contributed by atoms with Crippen LogP contribution in [-0.4, -0.2) is 41.3 Å². The maximum Gasteiger partial charge on any atom is 0.225 e. The van der Waals surface area contributed by atoms with E-state index in [9.17, 15) is 4.39 Å². The summed E-state index contributed by atoms with van der Waals surface area (Å²) >= 11 is 0. The number of aromatic nitrogens is 2. The Balaban J connectivity index is 1.66. The molecular weight excluding hydrogens is 271 g/mol. The van der Waals surface area contributed by atoms with Crippen LogP contribution in [0.5, 0.6) is 0 Å². The lowest BCUT2D eigenvalue weighted by atomic mass is 10.2. The fourth-order valence-corrected chi connectivity index (χ4v) is 2.45. The molecule has 2 aromatic rings. The Labute approximate surface area is 122 Å². The van der Waals surface area contributed by atoms with Crippen molar-refractivity contribution in [3.63, 3.8) is 0 Å². The van der Waals surface area contributed by atoms with Gasteiger partial charge in [0.05, 0.1) is 12.3 Å². The minimum Gasteiger partial charge on any atom is -0.392 e. The first-order chi connectivity index (χ1) is 10.3. The molecule has 3 rings (SSSR count). The molecule has 21 heavy (non-hydrogen) atoms. The quantitative estimate of drug-likeness (QED) is 0.926. The fourth-order valence-electron chi connectivity index (χ4n) is 2.45. The second kappa shape index (κ2) is 6.05. The number of hydrogen-bond donors (Lipinski definition) is 1. The third kappa shape index (κ3) is 2.95. The molecule has 0 unspecified atom stereocenters. The van der Waals surface area contributed by atoms with Crippen molar-refractivity contribution in [3.05, 3.63) is 48.0 Å². The van der Waals surface area contributed by atoms with Crippen molar-refractivity contribution in [2.75, 3.05) is 36.0 Å².